The Morgan fingerprint density at radius 2 is 2.16 bits per heavy atom. The zero-order chi connectivity index (χ0) is 14.0. The van der Waals surface area contributed by atoms with E-state index < -0.39 is 11.7 Å². The van der Waals surface area contributed by atoms with Crippen molar-refractivity contribution in [2.75, 3.05) is 18.4 Å². The van der Waals surface area contributed by atoms with E-state index in [9.17, 15) is 13.2 Å². The summed E-state index contributed by atoms with van der Waals surface area (Å²) >= 11 is 0. The van der Waals surface area contributed by atoms with Crippen LogP contribution in [0.2, 0.25) is 0 Å². The van der Waals surface area contributed by atoms with E-state index >= 15 is 0 Å². The fraction of sp³-hybridized carbons (Fsp3) is 0.385. The van der Waals surface area contributed by atoms with Gasteiger partial charge in [0.1, 0.15) is 0 Å². The summed E-state index contributed by atoms with van der Waals surface area (Å²) in [5.41, 5.74) is 6.26. The Hall–Kier alpha value is -1.85. The normalized spacial score (nSPS) is 18.9. The van der Waals surface area contributed by atoms with Gasteiger partial charge in [0.05, 0.1) is 11.4 Å². The van der Waals surface area contributed by atoms with Crippen LogP contribution in [0, 0.1) is 12.8 Å². The fourth-order valence-electron chi connectivity index (χ4n) is 2.03. The lowest BCUT2D eigenvalue weighted by Gasteiger charge is -2.14. The molecule has 1 heterocycles. The summed E-state index contributed by atoms with van der Waals surface area (Å²) in [4.78, 5) is 0. The minimum Gasteiger partial charge on any atom is -0.386 e. The highest BCUT2D eigenvalue weighted by Crippen LogP contribution is 2.31. The van der Waals surface area contributed by atoms with E-state index in [1.807, 2.05) is 6.08 Å². The molecule has 1 aliphatic heterocycles. The van der Waals surface area contributed by atoms with Gasteiger partial charge in [-0.15, -0.1) is 0 Å². The van der Waals surface area contributed by atoms with Crippen molar-refractivity contribution in [3.05, 3.63) is 41.2 Å². The largest absolute Gasteiger partial charge is 0.416 e. The van der Waals surface area contributed by atoms with Gasteiger partial charge < -0.3 is 16.4 Å². The van der Waals surface area contributed by atoms with E-state index in [4.69, 9.17) is 5.73 Å². The van der Waals surface area contributed by atoms with Gasteiger partial charge >= 0.3 is 6.18 Å². The Labute approximate surface area is 109 Å². The number of anilines is 1. The first-order valence-electron chi connectivity index (χ1n) is 5.99. The molecule has 3 nitrogen and oxygen atoms in total. The number of rotatable bonds is 3. The molecular formula is C13H16F3N3. The average molecular weight is 271 g/mol. The third-order valence-electron chi connectivity index (χ3n) is 3.09. The predicted octanol–water partition coefficient (Wildman–Crippen LogP) is 2.45. The Morgan fingerprint density at radius 1 is 1.42 bits per heavy atom. The van der Waals surface area contributed by atoms with E-state index in [1.54, 1.807) is 6.92 Å². The SMILES string of the molecule is Cc1cc(C(F)(F)F)ccc1NC[C@@H]1C=C(N)NC1. The number of benzene rings is 1. The predicted molar refractivity (Wildman–Crippen MR) is 68.4 cm³/mol. The Bertz CT molecular complexity index is 494. The highest BCUT2D eigenvalue weighted by molar-refractivity contribution is 5.52. The van der Waals surface area contributed by atoms with Gasteiger partial charge in [-0.3, -0.25) is 0 Å². The van der Waals surface area contributed by atoms with Crippen molar-refractivity contribution in [2.24, 2.45) is 11.7 Å². The van der Waals surface area contributed by atoms with Crippen molar-refractivity contribution >= 4 is 5.69 Å². The molecule has 0 saturated heterocycles. The molecule has 0 radical (unpaired) electrons. The number of nitrogens with one attached hydrogen (secondary N) is 2. The highest BCUT2D eigenvalue weighted by atomic mass is 19.4. The van der Waals surface area contributed by atoms with Crippen LogP contribution in [0.15, 0.2) is 30.1 Å². The van der Waals surface area contributed by atoms with Crippen molar-refractivity contribution in [1.82, 2.24) is 5.32 Å². The quantitative estimate of drug-likeness (QED) is 0.791. The van der Waals surface area contributed by atoms with Gasteiger partial charge in [0.25, 0.3) is 0 Å². The first kappa shape index (κ1) is 13.6. The first-order chi connectivity index (χ1) is 8.86. The fourth-order valence-corrected chi connectivity index (χ4v) is 2.03. The topological polar surface area (TPSA) is 50.1 Å². The smallest absolute Gasteiger partial charge is 0.386 e. The summed E-state index contributed by atoms with van der Waals surface area (Å²) in [7, 11) is 0. The summed E-state index contributed by atoms with van der Waals surface area (Å²) in [6, 6.07) is 3.71. The van der Waals surface area contributed by atoms with Crippen LogP contribution in [0.5, 0.6) is 0 Å². The van der Waals surface area contributed by atoms with Gasteiger partial charge in [0, 0.05) is 24.7 Å². The molecule has 0 fully saturated rings. The number of aryl methyl sites for hydroxylation is 1. The molecule has 19 heavy (non-hydrogen) atoms. The van der Waals surface area contributed by atoms with E-state index in [1.165, 1.54) is 6.07 Å². The molecule has 0 bridgehead atoms. The van der Waals surface area contributed by atoms with Gasteiger partial charge in [-0.2, -0.15) is 13.2 Å². The van der Waals surface area contributed by atoms with E-state index in [-0.39, 0.29) is 5.92 Å². The molecule has 1 aliphatic rings. The van der Waals surface area contributed by atoms with Crippen LogP contribution in [0.4, 0.5) is 18.9 Å². The molecule has 0 unspecified atom stereocenters. The molecule has 1 atom stereocenters. The van der Waals surface area contributed by atoms with Crippen molar-refractivity contribution in [2.45, 2.75) is 13.1 Å². The molecule has 104 valence electrons. The molecule has 0 aliphatic carbocycles. The lowest BCUT2D eigenvalue weighted by molar-refractivity contribution is -0.137. The second-order valence-electron chi connectivity index (χ2n) is 4.67. The molecule has 1 aromatic carbocycles. The standard InChI is InChI=1S/C13H16F3N3/c1-8-4-10(13(14,15)16)2-3-11(8)18-6-9-5-12(17)19-7-9/h2-5,9,18-19H,6-7,17H2,1H3/t9-/m0/s1. The van der Waals surface area contributed by atoms with Gasteiger partial charge in [-0.05, 0) is 36.8 Å². The molecule has 4 N–H and O–H groups in total. The molecule has 2 rings (SSSR count). The van der Waals surface area contributed by atoms with Crippen LogP contribution in [0.25, 0.3) is 0 Å². The van der Waals surface area contributed by atoms with E-state index in [0.717, 1.165) is 18.7 Å². The van der Waals surface area contributed by atoms with Crippen molar-refractivity contribution in [3.63, 3.8) is 0 Å². The minimum absolute atomic E-state index is 0.252. The summed E-state index contributed by atoms with van der Waals surface area (Å²) in [6.45, 7) is 3.05. The van der Waals surface area contributed by atoms with E-state index in [2.05, 4.69) is 10.6 Å². The number of hydrogen-bond acceptors (Lipinski definition) is 3. The zero-order valence-electron chi connectivity index (χ0n) is 10.5. The molecule has 6 heteroatoms. The van der Waals surface area contributed by atoms with Gasteiger partial charge in [0.15, 0.2) is 0 Å². The van der Waals surface area contributed by atoms with Crippen LogP contribution in [0.3, 0.4) is 0 Å². The van der Waals surface area contributed by atoms with Crippen LogP contribution in [-0.4, -0.2) is 13.1 Å². The van der Waals surface area contributed by atoms with Crippen molar-refractivity contribution < 1.29 is 13.2 Å². The Morgan fingerprint density at radius 3 is 2.68 bits per heavy atom. The van der Waals surface area contributed by atoms with Gasteiger partial charge in [-0.25, -0.2) is 0 Å². The van der Waals surface area contributed by atoms with Gasteiger partial charge in [0.2, 0.25) is 0 Å². The molecule has 0 saturated carbocycles. The average Bonchev–Trinajstić information content (AvgIpc) is 2.72. The number of nitrogens with two attached hydrogens (primary N) is 1. The second kappa shape index (κ2) is 5.03. The van der Waals surface area contributed by atoms with Crippen molar-refractivity contribution in [1.29, 1.82) is 0 Å². The third kappa shape index (κ3) is 3.33. The highest BCUT2D eigenvalue weighted by Gasteiger charge is 2.30. The van der Waals surface area contributed by atoms with E-state index in [0.29, 0.717) is 23.6 Å². The second-order valence-corrected chi connectivity index (χ2v) is 4.67. The van der Waals surface area contributed by atoms with Crippen molar-refractivity contribution in [3.8, 4) is 0 Å². The lowest BCUT2D eigenvalue weighted by atomic mass is 10.1. The van der Waals surface area contributed by atoms with Crippen LogP contribution in [-0.2, 0) is 6.18 Å². The maximum atomic E-state index is 12.5. The molecule has 0 amide bonds. The summed E-state index contributed by atoms with van der Waals surface area (Å²) in [6.07, 6.45) is -2.39. The maximum Gasteiger partial charge on any atom is 0.416 e. The molecular weight excluding hydrogens is 255 g/mol. The summed E-state index contributed by atoms with van der Waals surface area (Å²) in [5.74, 6) is 0.901. The molecule has 0 spiro atoms. The molecule has 1 aromatic rings. The van der Waals surface area contributed by atoms with Crippen LogP contribution < -0.4 is 16.4 Å². The summed E-state index contributed by atoms with van der Waals surface area (Å²) < 4.78 is 37.6. The number of hydrogen-bond donors (Lipinski definition) is 3. The number of halogens is 3. The van der Waals surface area contributed by atoms with Crippen LogP contribution >= 0.6 is 0 Å². The molecule has 0 aromatic heterocycles. The third-order valence-corrected chi connectivity index (χ3v) is 3.09. The van der Waals surface area contributed by atoms with Crippen LogP contribution in [0.1, 0.15) is 11.1 Å². The Balaban J connectivity index is 2.02. The Kier molecular flexibility index (Phi) is 3.59. The maximum absolute atomic E-state index is 12.5. The summed E-state index contributed by atoms with van der Waals surface area (Å²) in [5, 5.41) is 6.15. The first-order valence-corrected chi connectivity index (χ1v) is 5.99. The van der Waals surface area contributed by atoms with Gasteiger partial charge in [-0.1, -0.05) is 0 Å². The lowest BCUT2D eigenvalue weighted by Crippen LogP contribution is -2.20. The monoisotopic (exact) mass is 271 g/mol. The minimum atomic E-state index is -4.30. The number of alkyl halides is 3. The zero-order valence-corrected chi connectivity index (χ0v) is 10.5.